The zero-order chi connectivity index (χ0) is 14.5. The predicted molar refractivity (Wildman–Crippen MR) is 91.3 cm³/mol. The van der Waals surface area contributed by atoms with Crippen LogP contribution in [0.3, 0.4) is 0 Å². The Balaban J connectivity index is 2.14. The molecule has 1 aliphatic rings. The number of hydrogen-bond donors (Lipinski definition) is 1. The van der Waals surface area contributed by atoms with Crippen molar-refractivity contribution in [3.05, 3.63) is 0 Å². The Morgan fingerprint density at radius 3 is 2.00 bits per heavy atom. The Kier molecular flexibility index (Phi) is 11.4. The standard InChI is InChI=1S/C19H39N/c1-3-5-6-7-8-9-14-17-19(20-4-2)18-15-12-10-11-13-16-18/h18-20H,3-17H2,1-2H3. The van der Waals surface area contributed by atoms with Crippen molar-refractivity contribution in [2.24, 2.45) is 5.92 Å². The van der Waals surface area contributed by atoms with Crippen molar-refractivity contribution in [1.29, 1.82) is 0 Å². The van der Waals surface area contributed by atoms with Crippen molar-refractivity contribution >= 4 is 0 Å². The van der Waals surface area contributed by atoms with Crippen LogP contribution in [0.4, 0.5) is 0 Å². The summed E-state index contributed by atoms with van der Waals surface area (Å²) >= 11 is 0. The molecule has 1 saturated carbocycles. The fraction of sp³-hybridized carbons (Fsp3) is 1.00. The fourth-order valence-electron chi connectivity index (χ4n) is 3.80. The maximum absolute atomic E-state index is 3.79. The molecule has 0 spiro atoms. The largest absolute Gasteiger partial charge is 0.314 e. The normalized spacial score (nSPS) is 18.9. The summed E-state index contributed by atoms with van der Waals surface area (Å²) in [5.41, 5.74) is 0. The monoisotopic (exact) mass is 281 g/mol. The van der Waals surface area contributed by atoms with E-state index in [1.165, 1.54) is 89.9 Å². The van der Waals surface area contributed by atoms with Crippen LogP contribution in [0.2, 0.25) is 0 Å². The lowest BCUT2D eigenvalue weighted by Gasteiger charge is -2.27. The van der Waals surface area contributed by atoms with Gasteiger partial charge in [0.05, 0.1) is 0 Å². The second-order valence-corrected chi connectivity index (χ2v) is 6.83. The van der Waals surface area contributed by atoms with Crippen LogP contribution in [0.1, 0.15) is 104 Å². The molecule has 0 aliphatic heterocycles. The summed E-state index contributed by atoms with van der Waals surface area (Å²) in [5.74, 6) is 0.970. The van der Waals surface area contributed by atoms with E-state index in [4.69, 9.17) is 0 Å². The molecule has 20 heavy (non-hydrogen) atoms. The average molecular weight is 282 g/mol. The average Bonchev–Trinajstić information content (AvgIpc) is 2.74. The van der Waals surface area contributed by atoms with Crippen LogP contribution < -0.4 is 5.32 Å². The molecule has 0 aromatic heterocycles. The van der Waals surface area contributed by atoms with Crippen LogP contribution in [0.15, 0.2) is 0 Å². The first-order chi connectivity index (χ1) is 9.88. The van der Waals surface area contributed by atoms with Crippen LogP contribution in [0.5, 0.6) is 0 Å². The van der Waals surface area contributed by atoms with Gasteiger partial charge in [-0.2, -0.15) is 0 Å². The van der Waals surface area contributed by atoms with Gasteiger partial charge in [0.1, 0.15) is 0 Å². The van der Waals surface area contributed by atoms with Crippen LogP contribution >= 0.6 is 0 Å². The van der Waals surface area contributed by atoms with Gasteiger partial charge in [-0.1, -0.05) is 84.5 Å². The summed E-state index contributed by atoms with van der Waals surface area (Å²) in [6.45, 7) is 5.72. The molecule has 1 unspecified atom stereocenters. The van der Waals surface area contributed by atoms with E-state index in [1.807, 2.05) is 0 Å². The third-order valence-electron chi connectivity index (χ3n) is 5.05. The van der Waals surface area contributed by atoms with Gasteiger partial charge in [0, 0.05) is 6.04 Å². The minimum Gasteiger partial charge on any atom is -0.314 e. The molecule has 1 rings (SSSR count). The Morgan fingerprint density at radius 2 is 1.40 bits per heavy atom. The van der Waals surface area contributed by atoms with E-state index in [0.717, 1.165) is 18.5 Å². The molecule has 0 bridgehead atoms. The van der Waals surface area contributed by atoms with Crippen LogP contribution in [-0.2, 0) is 0 Å². The van der Waals surface area contributed by atoms with Crippen molar-refractivity contribution < 1.29 is 0 Å². The molecular weight excluding hydrogens is 242 g/mol. The van der Waals surface area contributed by atoms with Gasteiger partial charge in [0.25, 0.3) is 0 Å². The van der Waals surface area contributed by atoms with Gasteiger partial charge in [-0.25, -0.2) is 0 Å². The van der Waals surface area contributed by atoms with E-state index in [0.29, 0.717) is 0 Å². The van der Waals surface area contributed by atoms with Crippen molar-refractivity contribution in [1.82, 2.24) is 5.32 Å². The summed E-state index contributed by atoms with van der Waals surface area (Å²) < 4.78 is 0. The molecule has 0 aromatic rings. The Morgan fingerprint density at radius 1 is 0.800 bits per heavy atom. The molecule has 0 saturated heterocycles. The maximum atomic E-state index is 3.79. The molecule has 0 aromatic carbocycles. The highest BCUT2D eigenvalue weighted by Crippen LogP contribution is 2.28. The van der Waals surface area contributed by atoms with E-state index in [-0.39, 0.29) is 0 Å². The highest BCUT2D eigenvalue weighted by atomic mass is 14.9. The third kappa shape index (κ3) is 8.29. The first kappa shape index (κ1) is 18.0. The second-order valence-electron chi connectivity index (χ2n) is 6.83. The Labute approximate surface area is 128 Å². The number of rotatable bonds is 11. The van der Waals surface area contributed by atoms with Crippen molar-refractivity contribution in [3.63, 3.8) is 0 Å². The van der Waals surface area contributed by atoms with E-state index in [2.05, 4.69) is 19.2 Å². The molecule has 120 valence electrons. The first-order valence-corrected chi connectivity index (χ1v) is 9.61. The van der Waals surface area contributed by atoms with Crippen molar-refractivity contribution in [2.45, 2.75) is 110 Å². The minimum atomic E-state index is 0.814. The molecule has 0 radical (unpaired) electrons. The summed E-state index contributed by atoms with van der Waals surface area (Å²) in [5, 5.41) is 3.79. The molecule has 1 heteroatoms. The zero-order valence-corrected chi connectivity index (χ0v) is 14.3. The summed E-state index contributed by atoms with van der Waals surface area (Å²) in [4.78, 5) is 0. The van der Waals surface area contributed by atoms with Gasteiger partial charge < -0.3 is 5.32 Å². The Bertz CT molecular complexity index is 194. The van der Waals surface area contributed by atoms with Crippen LogP contribution in [0.25, 0.3) is 0 Å². The molecule has 1 atom stereocenters. The van der Waals surface area contributed by atoms with E-state index in [1.54, 1.807) is 0 Å². The van der Waals surface area contributed by atoms with Crippen molar-refractivity contribution in [2.75, 3.05) is 6.54 Å². The van der Waals surface area contributed by atoms with Gasteiger partial charge in [-0.15, -0.1) is 0 Å². The maximum Gasteiger partial charge on any atom is 0.00952 e. The van der Waals surface area contributed by atoms with Gasteiger partial charge in [-0.3, -0.25) is 0 Å². The molecule has 0 amide bonds. The van der Waals surface area contributed by atoms with Gasteiger partial charge in [0.2, 0.25) is 0 Å². The molecule has 1 fully saturated rings. The summed E-state index contributed by atoms with van der Waals surface area (Å²) in [7, 11) is 0. The van der Waals surface area contributed by atoms with Gasteiger partial charge in [-0.05, 0) is 31.7 Å². The van der Waals surface area contributed by atoms with Crippen LogP contribution in [0, 0.1) is 5.92 Å². The lowest BCUT2D eigenvalue weighted by Crippen LogP contribution is -2.36. The molecule has 1 nitrogen and oxygen atoms in total. The lowest BCUT2D eigenvalue weighted by molar-refractivity contribution is 0.301. The first-order valence-electron chi connectivity index (χ1n) is 9.61. The van der Waals surface area contributed by atoms with Crippen LogP contribution in [-0.4, -0.2) is 12.6 Å². The van der Waals surface area contributed by atoms with E-state index < -0.39 is 0 Å². The second kappa shape index (κ2) is 12.7. The summed E-state index contributed by atoms with van der Waals surface area (Å²) in [6, 6.07) is 0.814. The number of nitrogens with one attached hydrogen (secondary N) is 1. The fourth-order valence-corrected chi connectivity index (χ4v) is 3.80. The lowest BCUT2D eigenvalue weighted by atomic mass is 9.88. The highest BCUT2D eigenvalue weighted by Gasteiger charge is 2.21. The predicted octanol–water partition coefficient (Wildman–Crippen LogP) is 6.08. The van der Waals surface area contributed by atoms with E-state index >= 15 is 0 Å². The topological polar surface area (TPSA) is 12.0 Å². The Hall–Kier alpha value is -0.0400. The zero-order valence-electron chi connectivity index (χ0n) is 14.3. The molecular formula is C19H39N. The molecule has 1 N–H and O–H groups in total. The van der Waals surface area contributed by atoms with Crippen molar-refractivity contribution in [3.8, 4) is 0 Å². The third-order valence-corrected chi connectivity index (χ3v) is 5.05. The quantitative estimate of drug-likeness (QED) is 0.358. The van der Waals surface area contributed by atoms with Gasteiger partial charge in [0.15, 0.2) is 0 Å². The minimum absolute atomic E-state index is 0.814. The number of hydrogen-bond acceptors (Lipinski definition) is 1. The SMILES string of the molecule is CCCCCCCCCC(NCC)C1CCCCCC1. The van der Waals surface area contributed by atoms with Gasteiger partial charge >= 0.3 is 0 Å². The molecule has 0 heterocycles. The smallest absolute Gasteiger partial charge is 0.00952 e. The molecule has 1 aliphatic carbocycles. The summed E-state index contributed by atoms with van der Waals surface area (Å²) in [6.07, 6.45) is 20.4. The highest BCUT2D eigenvalue weighted by molar-refractivity contribution is 4.78. The number of unbranched alkanes of at least 4 members (excludes halogenated alkanes) is 6. The van der Waals surface area contributed by atoms with E-state index in [9.17, 15) is 0 Å².